The molecule has 4 amide bonds. The predicted molar refractivity (Wildman–Crippen MR) is 132 cm³/mol. The van der Waals surface area contributed by atoms with Crippen molar-refractivity contribution in [2.75, 3.05) is 24.6 Å². The van der Waals surface area contributed by atoms with Gasteiger partial charge in [0.05, 0.1) is 0 Å². The van der Waals surface area contributed by atoms with Gasteiger partial charge in [-0.1, -0.05) is 12.1 Å². The Hall–Kier alpha value is -2.04. The van der Waals surface area contributed by atoms with Crippen LogP contribution in [-0.4, -0.2) is 48.3 Å². The second-order valence-corrected chi connectivity index (χ2v) is 13.2. The van der Waals surface area contributed by atoms with Crippen molar-refractivity contribution >= 4 is 39.5 Å². The normalized spacial score (nSPS) is 11.1. The van der Waals surface area contributed by atoms with Crippen molar-refractivity contribution < 1.29 is 19.2 Å². The van der Waals surface area contributed by atoms with Crippen molar-refractivity contribution in [1.82, 2.24) is 0 Å². The molecule has 0 aromatic heterocycles. The van der Waals surface area contributed by atoms with E-state index in [1.807, 2.05) is 0 Å². The van der Waals surface area contributed by atoms with Crippen LogP contribution >= 0.6 is 15.8 Å². The van der Waals surface area contributed by atoms with Gasteiger partial charge in [0.2, 0.25) is 23.6 Å². The fourth-order valence-electron chi connectivity index (χ4n) is 3.37. The average Bonchev–Trinajstić information content (AvgIpc) is 2.68. The number of aryl methyl sites for hydroxylation is 2. The number of carbonyl (C=O) groups is 4. The Bertz CT molecular complexity index is 729. The van der Waals surface area contributed by atoms with E-state index in [2.05, 4.69) is 26.0 Å². The summed E-state index contributed by atoms with van der Waals surface area (Å²) in [5, 5.41) is 0. The maximum Gasteiger partial charge on any atom is 0.217 e. The van der Waals surface area contributed by atoms with E-state index >= 15 is 0 Å². The topological polar surface area (TPSA) is 172 Å². The minimum absolute atomic E-state index is 0.310. The Morgan fingerprint density at radius 1 is 0.594 bits per heavy atom. The lowest BCUT2D eigenvalue weighted by Crippen LogP contribution is -2.15. The molecule has 0 aliphatic heterocycles. The molecule has 0 aliphatic rings. The van der Waals surface area contributed by atoms with Crippen LogP contribution in [0.2, 0.25) is 0 Å². The molecule has 1 aromatic rings. The van der Waals surface area contributed by atoms with Crippen LogP contribution in [0.1, 0.15) is 47.9 Å². The van der Waals surface area contributed by atoms with Crippen LogP contribution in [0, 0.1) is 13.8 Å². The molecular weight excluding hydrogens is 446 g/mol. The lowest BCUT2D eigenvalue weighted by atomic mass is 10.0. The summed E-state index contributed by atoms with van der Waals surface area (Å²) in [6.45, 7) is 4.12. The molecule has 1 aromatic carbocycles. The van der Waals surface area contributed by atoms with E-state index in [1.54, 1.807) is 0 Å². The van der Waals surface area contributed by atoms with Crippen LogP contribution in [-0.2, 0) is 31.5 Å². The highest BCUT2D eigenvalue weighted by molar-refractivity contribution is 7.57. The van der Waals surface area contributed by atoms with Crippen molar-refractivity contribution in [2.24, 2.45) is 22.9 Å². The third-order valence-electron chi connectivity index (χ3n) is 5.28. The minimum Gasteiger partial charge on any atom is -0.370 e. The molecule has 1 rings (SSSR count). The summed E-state index contributed by atoms with van der Waals surface area (Å²) >= 11 is 0. The van der Waals surface area contributed by atoms with Gasteiger partial charge in [0.1, 0.15) is 0 Å². The SMILES string of the molecule is Cc1cc(CP(CCC(N)=O)CCC(N)=O)c(C)cc1CP(CCC(N)=O)CCC(N)=O. The van der Waals surface area contributed by atoms with Gasteiger partial charge in [-0.3, -0.25) is 19.2 Å². The number of hydrogen-bond acceptors (Lipinski definition) is 4. The smallest absolute Gasteiger partial charge is 0.217 e. The van der Waals surface area contributed by atoms with Gasteiger partial charge in [0, 0.05) is 25.7 Å². The van der Waals surface area contributed by atoms with Crippen LogP contribution in [0.15, 0.2) is 12.1 Å². The van der Waals surface area contributed by atoms with Crippen molar-refractivity contribution in [2.45, 2.75) is 51.9 Å². The molecule has 0 spiro atoms. The van der Waals surface area contributed by atoms with Crippen LogP contribution in [0.5, 0.6) is 0 Å². The molecule has 0 saturated heterocycles. The van der Waals surface area contributed by atoms with Gasteiger partial charge in [-0.2, -0.15) is 0 Å². The lowest BCUT2D eigenvalue weighted by Gasteiger charge is -2.22. The highest BCUT2D eigenvalue weighted by atomic mass is 31.1. The van der Waals surface area contributed by atoms with Gasteiger partial charge in [-0.25, -0.2) is 0 Å². The Morgan fingerprint density at radius 3 is 1.06 bits per heavy atom. The summed E-state index contributed by atoms with van der Waals surface area (Å²) in [6.07, 6.45) is 5.59. The molecule has 0 saturated carbocycles. The van der Waals surface area contributed by atoms with E-state index < -0.39 is 15.8 Å². The zero-order valence-corrected chi connectivity index (χ0v) is 20.9. The van der Waals surface area contributed by atoms with E-state index in [1.165, 1.54) is 11.1 Å². The molecule has 8 nitrogen and oxygen atoms in total. The van der Waals surface area contributed by atoms with Gasteiger partial charge in [0.25, 0.3) is 0 Å². The molecule has 0 unspecified atom stereocenters. The van der Waals surface area contributed by atoms with Crippen molar-refractivity contribution in [3.05, 3.63) is 34.4 Å². The molecule has 0 heterocycles. The number of primary amides is 4. The van der Waals surface area contributed by atoms with Gasteiger partial charge in [0.15, 0.2) is 0 Å². The Labute approximate surface area is 192 Å². The highest BCUT2D eigenvalue weighted by Crippen LogP contribution is 2.44. The maximum absolute atomic E-state index is 11.2. The largest absolute Gasteiger partial charge is 0.370 e. The summed E-state index contributed by atoms with van der Waals surface area (Å²) < 4.78 is 0. The highest BCUT2D eigenvalue weighted by Gasteiger charge is 2.17. The Balaban J connectivity index is 2.97. The summed E-state index contributed by atoms with van der Waals surface area (Å²) in [5.41, 5.74) is 26.0. The standard InChI is InChI=1S/C22H36N4O4P2/c1-15-11-18(14-32(9-5-21(25)29)10-6-22(26)30)16(2)12-17(15)13-31(7-3-19(23)27)8-4-20(24)28/h11-12H,3-10,13-14H2,1-2H3,(H2,23,27)(H2,24,28)(H2,25,29)(H2,26,30). The first-order valence-corrected chi connectivity index (χ1v) is 14.4. The number of carbonyl (C=O) groups excluding carboxylic acids is 4. The summed E-state index contributed by atoms with van der Waals surface area (Å²) in [7, 11) is -1.17. The second kappa shape index (κ2) is 14.2. The number of hydrogen-bond donors (Lipinski definition) is 4. The van der Waals surface area contributed by atoms with E-state index in [9.17, 15) is 19.2 Å². The molecule has 8 N–H and O–H groups in total. The zero-order valence-electron chi connectivity index (χ0n) is 19.1. The molecule has 0 atom stereocenters. The summed E-state index contributed by atoms with van der Waals surface area (Å²) in [5.74, 6) is -1.33. The number of benzene rings is 1. The monoisotopic (exact) mass is 482 g/mol. The molecular formula is C22H36N4O4P2. The second-order valence-electron chi connectivity index (χ2n) is 8.12. The van der Waals surface area contributed by atoms with E-state index in [4.69, 9.17) is 22.9 Å². The van der Waals surface area contributed by atoms with Crippen LogP contribution in [0.25, 0.3) is 0 Å². The number of rotatable bonds is 16. The van der Waals surface area contributed by atoms with E-state index in [-0.39, 0.29) is 23.6 Å². The number of amides is 4. The first kappa shape index (κ1) is 28.0. The fourth-order valence-corrected chi connectivity index (χ4v) is 8.24. The first-order chi connectivity index (χ1) is 15.0. The molecule has 10 heteroatoms. The van der Waals surface area contributed by atoms with E-state index in [0.29, 0.717) is 50.3 Å². The maximum atomic E-state index is 11.2. The van der Waals surface area contributed by atoms with Crippen molar-refractivity contribution in [1.29, 1.82) is 0 Å². The zero-order chi connectivity index (χ0) is 24.3. The molecule has 0 aliphatic carbocycles. The Morgan fingerprint density at radius 2 is 0.844 bits per heavy atom. The molecule has 0 radical (unpaired) electrons. The lowest BCUT2D eigenvalue weighted by molar-refractivity contribution is -0.118. The van der Waals surface area contributed by atoms with Gasteiger partial charge in [-0.05, 0) is 73.1 Å². The predicted octanol–water partition coefficient (Wildman–Crippen LogP) is 1.77. The molecule has 0 bridgehead atoms. The number of nitrogens with two attached hydrogens (primary N) is 4. The third-order valence-corrected chi connectivity index (χ3v) is 10.3. The van der Waals surface area contributed by atoms with Gasteiger partial charge in [-0.15, -0.1) is 15.8 Å². The van der Waals surface area contributed by atoms with Crippen molar-refractivity contribution in [3.63, 3.8) is 0 Å². The van der Waals surface area contributed by atoms with Gasteiger partial charge >= 0.3 is 0 Å². The first-order valence-electron chi connectivity index (χ1n) is 10.6. The quantitative estimate of drug-likeness (QED) is 0.263. The van der Waals surface area contributed by atoms with Crippen LogP contribution in [0.3, 0.4) is 0 Å². The Kier molecular flexibility index (Phi) is 12.4. The van der Waals surface area contributed by atoms with E-state index in [0.717, 1.165) is 23.5 Å². The van der Waals surface area contributed by atoms with Crippen LogP contribution < -0.4 is 22.9 Å². The minimum atomic E-state index is -0.583. The summed E-state index contributed by atoms with van der Waals surface area (Å²) in [6, 6.07) is 4.34. The molecule has 0 fully saturated rings. The molecule has 178 valence electrons. The van der Waals surface area contributed by atoms with Crippen LogP contribution in [0.4, 0.5) is 0 Å². The fraction of sp³-hybridized carbons (Fsp3) is 0.545. The molecule has 32 heavy (non-hydrogen) atoms. The third kappa shape index (κ3) is 11.5. The van der Waals surface area contributed by atoms with Crippen molar-refractivity contribution in [3.8, 4) is 0 Å². The van der Waals surface area contributed by atoms with Gasteiger partial charge < -0.3 is 22.9 Å². The summed E-state index contributed by atoms with van der Waals surface area (Å²) in [4.78, 5) is 45.0. The average molecular weight is 483 g/mol.